The first-order chi connectivity index (χ1) is 20.1. The van der Waals surface area contributed by atoms with Crippen molar-refractivity contribution in [3.8, 4) is 11.4 Å². The van der Waals surface area contributed by atoms with Crippen LogP contribution in [0.15, 0.2) is 53.3 Å². The number of hydrogen-bond donors (Lipinski definition) is 2. The lowest BCUT2D eigenvalue weighted by Gasteiger charge is -2.21. The summed E-state index contributed by atoms with van der Waals surface area (Å²) in [6.45, 7) is 4.67. The zero-order valence-electron chi connectivity index (χ0n) is 24.0. The summed E-state index contributed by atoms with van der Waals surface area (Å²) in [5, 5.41) is 3.23. The van der Waals surface area contributed by atoms with Gasteiger partial charge < -0.3 is 20.5 Å². The van der Waals surface area contributed by atoms with Crippen LogP contribution in [0.2, 0.25) is 0 Å². The molecule has 10 heteroatoms. The highest BCUT2D eigenvalue weighted by Gasteiger charge is 2.26. The minimum Gasteiger partial charge on any atom is -0.493 e. The number of esters is 1. The lowest BCUT2D eigenvalue weighted by molar-refractivity contribution is -0.151. The van der Waals surface area contributed by atoms with E-state index in [2.05, 4.69) is 5.32 Å². The summed E-state index contributed by atoms with van der Waals surface area (Å²) in [6.07, 6.45) is 5.31. The Morgan fingerprint density at radius 2 is 1.71 bits per heavy atom. The highest BCUT2D eigenvalue weighted by atomic mass is 19.1. The Bertz CT molecular complexity index is 1400. The third-order valence-corrected chi connectivity index (χ3v) is 7.30. The van der Waals surface area contributed by atoms with Crippen molar-refractivity contribution in [3.05, 3.63) is 87.5 Å². The Kier molecular flexibility index (Phi) is 10.7. The fourth-order valence-electron chi connectivity index (χ4n) is 5.16. The maximum Gasteiger partial charge on any atom is 0.323 e. The Labute approximate surface area is 243 Å². The average Bonchev–Trinajstić information content (AvgIpc) is 3.45. The topological polar surface area (TPSA) is 95.6 Å². The molecule has 1 fully saturated rings. The minimum atomic E-state index is -1.01. The smallest absolute Gasteiger partial charge is 0.323 e. The van der Waals surface area contributed by atoms with Crippen molar-refractivity contribution >= 4 is 11.8 Å². The molecule has 0 unspecified atom stereocenters. The normalized spacial score (nSPS) is 14.3. The van der Waals surface area contributed by atoms with Gasteiger partial charge in [0.2, 0.25) is 0 Å². The van der Waals surface area contributed by atoms with E-state index in [0.29, 0.717) is 36.4 Å². The molecular formula is C32H38F3N3O4. The fourth-order valence-corrected chi connectivity index (χ4v) is 5.16. The van der Waals surface area contributed by atoms with Gasteiger partial charge in [0.05, 0.1) is 6.61 Å². The van der Waals surface area contributed by atoms with Gasteiger partial charge >= 0.3 is 5.97 Å². The number of hydrogen-bond acceptors (Lipinski definition) is 6. The Morgan fingerprint density at radius 3 is 2.36 bits per heavy atom. The van der Waals surface area contributed by atoms with Crippen LogP contribution in [0.4, 0.5) is 19.0 Å². The van der Waals surface area contributed by atoms with Gasteiger partial charge in [-0.15, -0.1) is 0 Å². The van der Waals surface area contributed by atoms with Gasteiger partial charge in [-0.2, -0.15) is 0 Å². The summed E-state index contributed by atoms with van der Waals surface area (Å²) >= 11 is 0. The van der Waals surface area contributed by atoms with Crippen LogP contribution in [-0.4, -0.2) is 35.8 Å². The quantitative estimate of drug-likeness (QED) is 0.198. The van der Waals surface area contributed by atoms with Gasteiger partial charge in [-0.3, -0.25) is 14.2 Å². The first-order valence-electron chi connectivity index (χ1n) is 14.4. The molecule has 1 aliphatic carbocycles. The van der Waals surface area contributed by atoms with Crippen LogP contribution in [-0.2, 0) is 16.0 Å². The molecule has 0 amide bonds. The average molecular weight is 586 g/mol. The molecule has 1 heterocycles. The number of rotatable bonds is 13. The molecule has 1 aromatic heterocycles. The summed E-state index contributed by atoms with van der Waals surface area (Å²) in [5.41, 5.74) is 6.05. The van der Waals surface area contributed by atoms with Crippen molar-refractivity contribution in [3.63, 3.8) is 0 Å². The summed E-state index contributed by atoms with van der Waals surface area (Å²) in [5.74, 6) is -2.52. The molecule has 4 rings (SSSR count). The first kappa shape index (κ1) is 31.2. The van der Waals surface area contributed by atoms with Crippen LogP contribution in [0.25, 0.3) is 5.69 Å². The number of nitrogens with two attached hydrogens (primary N) is 1. The van der Waals surface area contributed by atoms with E-state index in [0.717, 1.165) is 42.4 Å². The number of halogens is 3. The highest BCUT2D eigenvalue weighted by Crippen LogP contribution is 2.27. The second-order valence-corrected chi connectivity index (χ2v) is 11.1. The Morgan fingerprint density at radius 1 is 1.05 bits per heavy atom. The lowest BCUT2D eigenvalue weighted by Crippen LogP contribution is -2.41. The molecule has 3 aromatic rings. The Hall–Kier alpha value is -3.79. The third kappa shape index (κ3) is 8.15. The zero-order chi connectivity index (χ0) is 30.2. The maximum atomic E-state index is 15.2. The van der Waals surface area contributed by atoms with Crippen molar-refractivity contribution < 1.29 is 27.4 Å². The number of benzene rings is 2. The van der Waals surface area contributed by atoms with Crippen molar-refractivity contribution in [1.82, 2.24) is 9.88 Å². The number of nitrogens with zero attached hydrogens (tertiary/aromatic N) is 1. The number of aromatic nitrogens is 1. The first-order valence-corrected chi connectivity index (χ1v) is 14.4. The van der Waals surface area contributed by atoms with Crippen LogP contribution in [0.1, 0.15) is 63.5 Å². The summed E-state index contributed by atoms with van der Waals surface area (Å²) in [4.78, 5) is 25.3. The van der Waals surface area contributed by atoms with E-state index >= 15 is 8.78 Å². The molecule has 2 aromatic carbocycles. The zero-order valence-corrected chi connectivity index (χ0v) is 24.0. The number of pyridine rings is 1. The van der Waals surface area contributed by atoms with Crippen molar-refractivity contribution in [1.29, 1.82) is 0 Å². The van der Waals surface area contributed by atoms with Gasteiger partial charge in [0.25, 0.3) is 5.56 Å². The van der Waals surface area contributed by atoms with E-state index in [9.17, 15) is 14.0 Å². The molecule has 3 N–H and O–H groups in total. The third-order valence-electron chi connectivity index (χ3n) is 7.30. The van der Waals surface area contributed by atoms with Crippen LogP contribution in [0, 0.1) is 23.4 Å². The molecular weight excluding hydrogens is 547 g/mol. The number of carbonyl (C=O) groups excluding carboxylic acids is 1. The summed E-state index contributed by atoms with van der Waals surface area (Å²) in [7, 11) is 0. The van der Waals surface area contributed by atoms with Gasteiger partial charge in [-0.25, -0.2) is 13.2 Å². The van der Waals surface area contributed by atoms with Crippen LogP contribution >= 0.6 is 0 Å². The van der Waals surface area contributed by atoms with Gasteiger partial charge in [0.1, 0.15) is 35.2 Å². The molecule has 0 aliphatic heterocycles. The SMILES string of the molecule is CC(C)C[C@H](NCCCOc1cc(F)c(-n2c(N)c(Cc3ccc(F)cc3)ccc2=O)c(F)c1)C(=O)OC1CCCC1. The van der Waals surface area contributed by atoms with E-state index in [1.807, 2.05) is 13.8 Å². The van der Waals surface area contributed by atoms with Gasteiger partial charge in [-0.05, 0) is 80.3 Å². The summed E-state index contributed by atoms with van der Waals surface area (Å²) < 4.78 is 55.7. The molecule has 1 saturated carbocycles. The second-order valence-electron chi connectivity index (χ2n) is 11.1. The predicted molar refractivity (Wildman–Crippen MR) is 155 cm³/mol. The van der Waals surface area contributed by atoms with E-state index in [4.69, 9.17) is 15.2 Å². The second kappa shape index (κ2) is 14.4. The number of nitrogens with one attached hydrogen (secondary N) is 1. The molecule has 42 heavy (non-hydrogen) atoms. The predicted octanol–water partition coefficient (Wildman–Crippen LogP) is 5.69. The monoisotopic (exact) mass is 585 g/mol. The van der Waals surface area contributed by atoms with E-state index in [-0.39, 0.29) is 36.7 Å². The van der Waals surface area contributed by atoms with Crippen molar-refractivity contribution in [2.75, 3.05) is 18.9 Å². The molecule has 1 aliphatic rings. The maximum absolute atomic E-state index is 15.2. The number of carbonyl (C=O) groups is 1. The van der Waals surface area contributed by atoms with Gasteiger partial charge in [0, 0.05) is 24.6 Å². The van der Waals surface area contributed by atoms with Crippen LogP contribution < -0.4 is 21.3 Å². The molecule has 0 radical (unpaired) electrons. The van der Waals surface area contributed by atoms with Gasteiger partial charge in [-0.1, -0.05) is 26.0 Å². The van der Waals surface area contributed by atoms with E-state index in [1.165, 1.54) is 24.3 Å². The Balaban J connectivity index is 1.37. The number of ether oxygens (including phenoxy) is 2. The highest BCUT2D eigenvalue weighted by molar-refractivity contribution is 5.76. The molecule has 1 atom stereocenters. The number of anilines is 1. The van der Waals surface area contributed by atoms with Crippen LogP contribution in [0.5, 0.6) is 5.75 Å². The molecule has 7 nitrogen and oxygen atoms in total. The fraction of sp³-hybridized carbons (Fsp3) is 0.438. The number of nitrogen functional groups attached to an aromatic ring is 1. The van der Waals surface area contributed by atoms with E-state index < -0.39 is 34.7 Å². The molecule has 0 saturated heterocycles. The minimum absolute atomic E-state index is 0.00598. The van der Waals surface area contributed by atoms with Gasteiger partial charge in [0.15, 0.2) is 11.6 Å². The van der Waals surface area contributed by atoms with Crippen molar-refractivity contribution in [2.24, 2.45) is 5.92 Å². The van der Waals surface area contributed by atoms with Crippen molar-refractivity contribution in [2.45, 2.75) is 70.9 Å². The van der Waals surface area contributed by atoms with Crippen LogP contribution in [0.3, 0.4) is 0 Å². The summed E-state index contributed by atoms with van der Waals surface area (Å²) in [6, 6.07) is 9.98. The van der Waals surface area contributed by atoms with E-state index in [1.54, 1.807) is 12.1 Å². The molecule has 226 valence electrons. The lowest BCUT2D eigenvalue weighted by atomic mass is 10.0. The largest absolute Gasteiger partial charge is 0.493 e. The molecule has 0 bridgehead atoms. The standard InChI is InChI=1S/C32H38F3N3O4/c1-20(2)16-28(32(40)42-24-6-3-4-7-24)37-14-5-15-41-25-18-26(34)30(27(35)19-25)38-29(39)13-10-22(31(38)36)17-21-8-11-23(33)12-9-21/h8-13,18-20,24,28,37H,3-7,14-17,36H2,1-2H3/t28-/m0/s1. The molecule has 0 spiro atoms.